The zero-order valence-electron chi connectivity index (χ0n) is 13.2. The van der Waals surface area contributed by atoms with E-state index in [0.29, 0.717) is 5.92 Å². The Kier molecular flexibility index (Phi) is 5.62. The number of fused-ring (bicyclic) bond motifs is 1. The molecular formula is C18H29NO. The highest BCUT2D eigenvalue weighted by Gasteiger charge is 2.20. The first-order valence-electron chi connectivity index (χ1n) is 8.15. The predicted octanol–water partition coefficient (Wildman–Crippen LogP) is 3.62. The molecule has 2 rings (SSSR count). The fraction of sp³-hybridized carbons (Fsp3) is 0.667. The maximum atomic E-state index is 10.6. The topological polar surface area (TPSA) is 32.3 Å². The summed E-state index contributed by atoms with van der Waals surface area (Å²) in [4.78, 5) is 0. The van der Waals surface area contributed by atoms with Gasteiger partial charge >= 0.3 is 0 Å². The standard InChI is InChI=1S/C18H29NO/c1-4-17(19-11-10-13(2)3)18(20)16-9-8-14-6-5-7-15(14)12-16/h8-9,12-13,17-20H,4-7,10-11H2,1-3H3. The molecule has 0 amide bonds. The van der Waals surface area contributed by atoms with Gasteiger partial charge in [0, 0.05) is 6.04 Å². The number of hydrogen-bond acceptors (Lipinski definition) is 2. The van der Waals surface area contributed by atoms with Gasteiger partial charge in [0.1, 0.15) is 0 Å². The molecule has 1 aromatic carbocycles. The normalized spacial score (nSPS) is 17.2. The summed E-state index contributed by atoms with van der Waals surface area (Å²) in [5, 5.41) is 14.1. The van der Waals surface area contributed by atoms with E-state index in [1.807, 2.05) is 0 Å². The fourth-order valence-corrected chi connectivity index (χ4v) is 3.04. The average molecular weight is 275 g/mol. The Labute approximate surface area is 123 Å². The Morgan fingerprint density at radius 1 is 1.20 bits per heavy atom. The molecule has 2 N–H and O–H groups in total. The first-order valence-corrected chi connectivity index (χ1v) is 8.15. The zero-order valence-corrected chi connectivity index (χ0v) is 13.2. The second-order valence-electron chi connectivity index (χ2n) is 6.48. The van der Waals surface area contributed by atoms with Crippen LogP contribution in [-0.4, -0.2) is 17.7 Å². The van der Waals surface area contributed by atoms with Gasteiger partial charge in [-0.3, -0.25) is 0 Å². The Morgan fingerprint density at radius 2 is 1.95 bits per heavy atom. The summed E-state index contributed by atoms with van der Waals surface area (Å²) in [5.41, 5.74) is 4.00. The number of rotatable bonds is 7. The second-order valence-corrected chi connectivity index (χ2v) is 6.48. The van der Waals surface area contributed by atoms with Crippen LogP contribution in [0.3, 0.4) is 0 Å². The largest absolute Gasteiger partial charge is 0.387 e. The van der Waals surface area contributed by atoms with Crippen LogP contribution in [0, 0.1) is 5.92 Å². The van der Waals surface area contributed by atoms with E-state index in [9.17, 15) is 5.11 Å². The number of aliphatic hydroxyl groups is 1. The van der Waals surface area contributed by atoms with Gasteiger partial charge in [-0.1, -0.05) is 39.0 Å². The molecule has 0 bridgehead atoms. The Bertz CT molecular complexity index is 427. The minimum atomic E-state index is -0.391. The van der Waals surface area contributed by atoms with Gasteiger partial charge in [-0.25, -0.2) is 0 Å². The van der Waals surface area contributed by atoms with E-state index in [1.165, 1.54) is 30.4 Å². The lowest BCUT2D eigenvalue weighted by Gasteiger charge is -2.24. The van der Waals surface area contributed by atoms with Crippen LogP contribution in [0.4, 0.5) is 0 Å². The average Bonchev–Trinajstić information content (AvgIpc) is 2.90. The lowest BCUT2D eigenvalue weighted by molar-refractivity contribution is 0.125. The molecule has 112 valence electrons. The zero-order chi connectivity index (χ0) is 14.5. The molecule has 2 unspecified atom stereocenters. The van der Waals surface area contributed by atoms with Gasteiger partial charge in [-0.2, -0.15) is 0 Å². The van der Waals surface area contributed by atoms with Gasteiger partial charge in [0.25, 0.3) is 0 Å². The van der Waals surface area contributed by atoms with Crippen LogP contribution in [0.2, 0.25) is 0 Å². The SMILES string of the molecule is CCC(NCCC(C)C)C(O)c1ccc2c(c1)CCC2. The Hall–Kier alpha value is -0.860. The molecule has 1 aliphatic carbocycles. The highest BCUT2D eigenvalue weighted by Crippen LogP contribution is 2.27. The van der Waals surface area contributed by atoms with Gasteiger partial charge in [-0.05, 0) is 61.3 Å². The summed E-state index contributed by atoms with van der Waals surface area (Å²) in [6.07, 6.45) is 5.36. The molecule has 0 spiro atoms. The number of benzene rings is 1. The van der Waals surface area contributed by atoms with Crippen molar-refractivity contribution in [1.82, 2.24) is 5.32 Å². The van der Waals surface area contributed by atoms with E-state index in [-0.39, 0.29) is 6.04 Å². The summed E-state index contributed by atoms with van der Waals surface area (Å²) in [5.74, 6) is 0.706. The van der Waals surface area contributed by atoms with Gasteiger partial charge in [0.15, 0.2) is 0 Å². The molecule has 0 aliphatic heterocycles. The van der Waals surface area contributed by atoms with Crippen LogP contribution >= 0.6 is 0 Å². The minimum Gasteiger partial charge on any atom is -0.387 e. The molecule has 20 heavy (non-hydrogen) atoms. The van der Waals surface area contributed by atoms with Crippen molar-refractivity contribution in [2.45, 2.75) is 65.0 Å². The van der Waals surface area contributed by atoms with Crippen LogP contribution in [0.5, 0.6) is 0 Å². The van der Waals surface area contributed by atoms with Crippen molar-refractivity contribution >= 4 is 0 Å². The second kappa shape index (κ2) is 7.24. The third kappa shape index (κ3) is 3.83. The summed E-state index contributed by atoms with van der Waals surface area (Å²) in [7, 11) is 0. The van der Waals surface area contributed by atoms with Crippen LogP contribution in [0.15, 0.2) is 18.2 Å². The summed E-state index contributed by atoms with van der Waals surface area (Å²) in [6.45, 7) is 7.60. The highest BCUT2D eigenvalue weighted by atomic mass is 16.3. The van der Waals surface area contributed by atoms with Crippen molar-refractivity contribution in [2.75, 3.05) is 6.54 Å². The van der Waals surface area contributed by atoms with Gasteiger partial charge in [-0.15, -0.1) is 0 Å². The molecule has 0 saturated heterocycles. The lowest BCUT2D eigenvalue weighted by Crippen LogP contribution is -2.35. The van der Waals surface area contributed by atoms with E-state index in [2.05, 4.69) is 44.3 Å². The van der Waals surface area contributed by atoms with Crippen LogP contribution < -0.4 is 5.32 Å². The van der Waals surface area contributed by atoms with Gasteiger partial charge < -0.3 is 10.4 Å². The molecule has 2 nitrogen and oxygen atoms in total. The van der Waals surface area contributed by atoms with E-state index in [4.69, 9.17) is 0 Å². The molecule has 0 heterocycles. The van der Waals surface area contributed by atoms with Crippen molar-refractivity contribution in [3.63, 3.8) is 0 Å². The molecule has 2 atom stereocenters. The first kappa shape index (κ1) is 15.5. The fourth-order valence-electron chi connectivity index (χ4n) is 3.04. The summed E-state index contributed by atoms with van der Waals surface area (Å²) < 4.78 is 0. The summed E-state index contributed by atoms with van der Waals surface area (Å²) >= 11 is 0. The van der Waals surface area contributed by atoms with Crippen molar-refractivity contribution < 1.29 is 5.11 Å². The molecule has 1 aromatic rings. The summed E-state index contributed by atoms with van der Waals surface area (Å²) in [6, 6.07) is 6.71. The van der Waals surface area contributed by atoms with E-state index < -0.39 is 6.10 Å². The number of aliphatic hydroxyl groups excluding tert-OH is 1. The smallest absolute Gasteiger partial charge is 0.0942 e. The third-order valence-electron chi connectivity index (χ3n) is 4.41. The highest BCUT2D eigenvalue weighted by molar-refractivity contribution is 5.36. The monoisotopic (exact) mass is 275 g/mol. The van der Waals surface area contributed by atoms with Crippen molar-refractivity contribution in [3.8, 4) is 0 Å². The maximum absolute atomic E-state index is 10.6. The van der Waals surface area contributed by atoms with Crippen LogP contribution in [0.25, 0.3) is 0 Å². The molecule has 0 radical (unpaired) electrons. The molecular weight excluding hydrogens is 246 g/mol. The van der Waals surface area contributed by atoms with Crippen molar-refractivity contribution in [2.24, 2.45) is 5.92 Å². The van der Waals surface area contributed by atoms with Gasteiger partial charge in [0.05, 0.1) is 6.10 Å². The van der Waals surface area contributed by atoms with Crippen LogP contribution in [0.1, 0.15) is 62.8 Å². The third-order valence-corrected chi connectivity index (χ3v) is 4.41. The van der Waals surface area contributed by atoms with Crippen LogP contribution in [-0.2, 0) is 12.8 Å². The molecule has 1 aliphatic rings. The first-order chi connectivity index (χ1) is 9.61. The van der Waals surface area contributed by atoms with E-state index in [0.717, 1.165) is 24.9 Å². The lowest BCUT2D eigenvalue weighted by atomic mass is 9.96. The van der Waals surface area contributed by atoms with E-state index >= 15 is 0 Å². The maximum Gasteiger partial charge on any atom is 0.0942 e. The van der Waals surface area contributed by atoms with E-state index in [1.54, 1.807) is 0 Å². The number of nitrogens with one attached hydrogen (secondary N) is 1. The molecule has 0 saturated carbocycles. The minimum absolute atomic E-state index is 0.160. The Balaban J connectivity index is 1.98. The Morgan fingerprint density at radius 3 is 2.65 bits per heavy atom. The molecule has 0 aromatic heterocycles. The van der Waals surface area contributed by atoms with Crippen molar-refractivity contribution in [3.05, 3.63) is 34.9 Å². The quantitative estimate of drug-likeness (QED) is 0.796. The molecule has 2 heteroatoms. The molecule has 0 fully saturated rings. The van der Waals surface area contributed by atoms with Crippen molar-refractivity contribution in [1.29, 1.82) is 0 Å². The predicted molar refractivity (Wildman–Crippen MR) is 85.0 cm³/mol. The number of hydrogen-bond donors (Lipinski definition) is 2. The van der Waals surface area contributed by atoms with Gasteiger partial charge in [0.2, 0.25) is 0 Å². The number of aryl methyl sites for hydroxylation is 2.